The van der Waals surface area contributed by atoms with Crippen LogP contribution in [0.1, 0.15) is 90.2 Å². The first-order chi connectivity index (χ1) is 21.4. The summed E-state index contributed by atoms with van der Waals surface area (Å²) < 4.78 is 25.0. The monoisotopic (exact) mass is 619 g/mol. The van der Waals surface area contributed by atoms with Crippen LogP contribution in [0.15, 0.2) is 24.8 Å². The van der Waals surface area contributed by atoms with Crippen molar-refractivity contribution in [2.75, 3.05) is 47.1 Å². The van der Waals surface area contributed by atoms with E-state index in [1.54, 1.807) is 14.2 Å². The van der Waals surface area contributed by atoms with Crippen LogP contribution in [0.3, 0.4) is 0 Å². The van der Waals surface area contributed by atoms with Gasteiger partial charge in [0.2, 0.25) is 0 Å². The molecule has 0 radical (unpaired) electrons. The number of methoxy groups -OCH3 is 2. The summed E-state index contributed by atoms with van der Waals surface area (Å²) in [5, 5.41) is 11.4. The fraction of sp³-hybridized carbons (Fsp3) is 0.795. The fourth-order valence-electron chi connectivity index (χ4n) is 13.3. The number of aromatic hydroxyl groups is 1. The summed E-state index contributed by atoms with van der Waals surface area (Å²) in [6.07, 6.45) is 9.63. The van der Waals surface area contributed by atoms with E-state index in [4.69, 9.17) is 18.9 Å². The average Bonchev–Trinajstić information content (AvgIpc) is 3.58. The van der Waals surface area contributed by atoms with Gasteiger partial charge in [-0.1, -0.05) is 32.9 Å². The minimum Gasteiger partial charge on any atom is -0.504 e. The molecule has 10 atom stereocenters. The van der Waals surface area contributed by atoms with Crippen molar-refractivity contribution in [3.8, 4) is 11.5 Å². The summed E-state index contributed by atoms with van der Waals surface area (Å²) in [5.74, 6) is 4.47. The van der Waals surface area contributed by atoms with E-state index in [-0.39, 0.29) is 39.3 Å². The molecular weight excluding hydrogens is 562 g/mol. The number of phenolic OH excluding ortho intramolecular Hbond substituents is 1. The number of phenols is 1. The van der Waals surface area contributed by atoms with Gasteiger partial charge in [-0.15, -0.1) is 6.58 Å². The zero-order valence-corrected chi connectivity index (χ0v) is 28.9. The second-order valence-electron chi connectivity index (χ2n) is 17.6. The number of ether oxygens (including phenoxy) is 4. The largest absolute Gasteiger partial charge is 0.504 e. The van der Waals surface area contributed by atoms with Crippen LogP contribution in [0.5, 0.6) is 11.5 Å². The Bertz CT molecular complexity index is 1370. The number of benzene rings is 1. The van der Waals surface area contributed by atoms with Gasteiger partial charge >= 0.3 is 0 Å². The summed E-state index contributed by atoms with van der Waals surface area (Å²) in [7, 11) is 3.51. The van der Waals surface area contributed by atoms with E-state index in [0.29, 0.717) is 54.6 Å². The van der Waals surface area contributed by atoms with Gasteiger partial charge in [-0.2, -0.15) is 0 Å². The molecule has 1 aromatic carbocycles. The first-order valence-corrected chi connectivity index (χ1v) is 17.9. The van der Waals surface area contributed by atoms with E-state index in [1.807, 2.05) is 6.07 Å². The maximum Gasteiger partial charge on any atom is 0.165 e. The molecule has 4 saturated carbocycles. The number of rotatable bonds is 12. The highest BCUT2D eigenvalue weighted by atomic mass is 16.5. The molecule has 1 N–H and O–H groups in total. The van der Waals surface area contributed by atoms with E-state index in [2.05, 4.69) is 58.2 Å². The normalized spacial score (nSPS) is 41.9. The van der Waals surface area contributed by atoms with Gasteiger partial charge in [0.1, 0.15) is 6.10 Å². The molecule has 0 amide bonds. The number of fused-ring (bicyclic) bond motifs is 4. The standard InChI is InChI=1S/C39H57NO5/c1-9-15-40-20-24-12-13-37(19-30(37)35(3,4)14-16-44-36(5,6)25(21-42-7)22-43-8)34-39-28(24)18-38(39)23(2)27(17-31(38)40)26-10-11-29(41)33(45-34)32(26)39/h9-11,23-25,27-28,30-31,34,41H,1,12-22H2,2-8H3/t23?,24?,27?,28?,30?,31?,34-,37?,38?,39-/m0/s1. The first kappa shape index (κ1) is 30.7. The summed E-state index contributed by atoms with van der Waals surface area (Å²) in [4.78, 5) is 2.84. The van der Waals surface area contributed by atoms with Gasteiger partial charge < -0.3 is 24.1 Å². The highest BCUT2D eigenvalue weighted by Gasteiger charge is 2.88. The minimum atomic E-state index is -0.325. The zero-order valence-electron chi connectivity index (χ0n) is 28.9. The molecule has 6 fully saturated rings. The topological polar surface area (TPSA) is 60.4 Å². The lowest BCUT2D eigenvalue weighted by Gasteiger charge is -2.70. The maximum absolute atomic E-state index is 11.4. The molecule has 6 nitrogen and oxygen atoms in total. The van der Waals surface area contributed by atoms with Crippen LogP contribution in [0.4, 0.5) is 0 Å². The molecule has 2 saturated heterocycles. The van der Waals surface area contributed by atoms with Gasteiger partial charge in [0, 0.05) is 67.7 Å². The summed E-state index contributed by atoms with van der Waals surface area (Å²) in [5.41, 5.74) is 3.14. The van der Waals surface area contributed by atoms with Gasteiger partial charge in [0.25, 0.3) is 0 Å². The molecule has 5 bridgehead atoms. The summed E-state index contributed by atoms with van der Waals surface area (Å²) >= 11 is 0. The quantitative estimate of drug-likeness (QED) is 0.256. The lowest BCUT2D eigenvalue weighted by atomic mass is 9.32. The molecule has 9 rings (SSSR count). The van der Waals surface area contributed by atoms with Crippen molar-refractivity contribution >= 4 is 0 Å². The first-order valence-electron chi connectivity index (χ1n) is 17.9. The molecule has 6 heteroatoms. The van der Waals surface area contributed by atoms with E-state index in [9.17, 15) is 5.11 Å². The number of nitrogens with zero attached hydrogens (tertiary/aromatic N) is 1. The van der Waals surface area contributed by atoms with Gasteiger partial charge in [-0.3, -0.25) is 4.90 Å². The highest BCUT2D eigenvalue weighted by molar-refractivity contribution is 5.66. The van der Waals surface area contributed by atoms with E-state index in [1.165, 1.54) is 49.8 Å². The Morgan fingerprint density at radius 2 is 1.91 bits per heavy atom. The van der Waals surface area contributed by atoms with Crippen molar-refractivity contribution in [3.05, 3.63) is 35.9 Å². The van der Waals surface area contributed by atoms with Crippen molar-refractivity contribution < 1.29 is 24.1 Å². The lowest BCUT2D eigenvalue weighted by molar-refractivity contribution is -0.180. The van der Waals surface area contributed by atoms with Crippen molar-refractivity contribution in [1.82, 2.24) is 4.90 Å². The molecule has 0 aromatic heterocycles. The van der Waals surface area contributed by atoms with Gasteiger partial charge in [-0.05, 0) is 99.0 Å². The van der Waals surface area contributed by atoms with Gasteiger partial charge in [0.05, 0.1) is 18.8 Å². The maximum atomic E-state index is 11.4. The van der Waals surface area contributed by atoms with Crippen LogP contribution in [-0.4, -0.2) is 74.9 Å². The van der Waals surface area contributed by atoms with Gasteiger partial charge in [0.15, 0.2) is 11.5 Å². The Hall–Kier alpha value is -1.60. The molecule has 3 heterocycles. The third-order valence-electron chi connectivity index (χ3n) is 15.4. The Labute approximate surface area is 271 Å². The van der Waals surface area contributed by atoms with Crippen LogP contribution < -0.4 is 4.74 Å². The molecule has 248 valence electrons. The predicted octanol–water partition coefficient (Wildman–Crippen LogP) is 6.94. The van der Waals surface area contributed by atoms with Crippen LogP contribution in [-0.2, 0) is 19.6 Å². The van der Waals surface area contributed by atoms with E-state index < -0.39 is 0 Å². The lowest BCUT2D eigenvalue weighted by Crippen LogP contribution is -2.73. The van der Waals surface area contributed by atoms with Crippen LogP contribution in [0, 0.1) is 45.8 Å². The summed E-state index contributed by atoms with van der Waals surface area (Å²) in [6.45, 7) is 20.3. The summed E-state index contributed by atoms with van der Waals surface area (Å²) in [6, 6.07) is 4.80. The minimum absolute atomic E-state index is 0.0153. The number of hydrogen-bond donors (Lipinski definition) is 1. The smallest absolute Gasteiger partial charge is 0.165 e. The van der Waals surface area contributed by atoms with Crippen LogP contribution in [0.25, 0.3) is 0 Å². The van der Waals surface area contributed by atoms with Crippen molar-refractivity contribution in [2.24, 2.45) is 45.8 Å². The molecular formula is C39H57NO5. The van der Waals surface area contributed by atoms with Crippen molar-refractivity contribution in [2.45, 2.75) is 102 Å². The zero-order chi connectivity index (χ0) is 31.7. The Morgan fingerprint density at radius 3 is 2.62 bits per heavy atom. The van der Waals surface area contributed by atoms with Crippen LogP contribution in [0.2, 0.25) is 0 Å². The highest BCUT2D eigenvalue weighted by Crippen LogP contribution is 2.88. The molecule has 5 aliphatic carbocycles. The molecule has 3 aliphatic heterocycles. The molecule has 1 aromatic rings. The predicted molar refractivity (Wildman–Crippen MR) is 176 cm³/mol. The average molecular weight is 620 g/mol. The second-order valence-corrected chi connectivity index (χ2v) is 17.6. The SMILES string of the molecule is C=CCN1CC2CCC3(CC3C(C)(C)CCOC(C)(C)C(COC)COC)[C@@H]3Oc4c(O)ccc5c4[C@@]34C2CC42C(C)C5CC12. The van der Waals surface area contributed by atoms with E-state index >= 15 is 0 Å². The third kappa shape index (κ3) is 3.67. The Kier molecular flexibility index (Phi) is 6.80. The van der Waals surface area contributed by atoms with Crippen molar-refractivity contribution in [1.29, 1.82) is 0 Å². The Morgan fingerprint density at radius 1 is 1.16 bits per heavy atom. The number of hydrogen-bond acceptors (Lipinski definition) is 6. The van der Waals surface area contributed by atoms with Gasteiger partial charge in [-0.25, -0.2) is 0 Å². The van der Waals surface area contributed by atoms with Crippen molar-refractivity contribution in [3.63, 3.8) is 0 Å². The Balaban J connectivity index is 1.14. The second kappa shape index (κ2) is 9.96. The van der Waals surface area contributed by atoms with E-state index in [0.717, 1.165) is 25.3 Å². The molecule has 45 heavy (non-hydrogen) atoms. The molecule has 8 unspecified atom stereocenters. The molecule has 3 spiro atoms. The van der Waals surface area contributed by atoms with Crippen LogP contribution >= 0.6 is 0 Å². The molecule has 8 aliphatic rings. The third-order valence-corrected chi connectivity index (χ3v) is 15.4. The fourth-order valence-corrected chi connectivity index (χ4v) is 13.3.